The summed E-state index contributed by atoms with van der Waals surface area (Å²) in [7, 11) is 0. The van der Waals surface area contributed by atoms with Crippen LogP contribution in [-0.4, -0.2) is 18.5 Å². The van der Waals surface area contributed by atoms with Gasteiger partial charge >= 0.3 is 6.03 Å². The Morgan fingerprint density at radius 1 is 0.889 bits per heavy atom. The molecule has 0 spiro atoms. The van der Waals surface area contributed by atoms with Crippen LogP contribution in [0.25, 0.3) is 0 Å². The molecule has 1 aliphatic carbocycles. The summed E-state index contributed by atoms with van der Waals surface area (Å²) in [6, 6.07) is 15.9. The van der Waals surface area contributed by atoms with Crippen molar-refractivity contribution in [2.24, 2.45) is 0 Å². The number of benzene rings is 2. The van der Waals surface area contributed by atoms with Crippen LogP contribution in [0.1, 0.15) is 42.5 Å². The second-order valence-electron chi connectivity index (χ2n) is 6.64. The minimum Gasteiger partial charge on any atom is -0.338 e. The van der Waals surface area contributed by atoms with E-state index in [9.17, 15) is 9.59 Å². The molecule has 2 aromatic rings. The molecule has 140 valence electrons. The highest BCUT2D eigenvalue weighted by Crippen LogP contribution is 2.19. The molecule has 0 atom stereocenters. The Balaban J connectivity index is 1.48. The van der Waals surface area contributed by atoms with E-state index in [1.54, 1.807) is 36.4 Å². The van der Waals surface area contributed by atoms with Gasteiger partial charge in [0.05, 0.1) is 0 Å². The molecular weight excluding hydrogens is 338 g/mol. The summed E-state index contributed by atoms with van der Waals surface area (Å²) < 4.78 is 0. The van der Waals surface area contributed by atoms with Crippen molar-refractivity contribution in [1.82, 2.24) is 5.32 Å². The maximum absolute atomic E-state index is 12.2. The number of amides is 3. The van der Waals surface area contributed by atoms with Crippen LogP contribution in [0.4, 0.5) is 16.2 Å². The fraction of sp³-hybridized carbons (Fsp3) is 0.273. The summed E-state index contributed by atoms with van der Waals surface area (Å²) in [5, 5.41) is 8.54. The lowest BCUT2D eigenvalue weighted by Crippen LogP contribution is -2.29. The number of rotatable bonds is 6. The van der Waals surface area contributed by atoms with Gasteiger partial charge in [-0.3, -0.25) is 4.79 Å². The van der Waals surface area contributed by atoms with Gasteiger partial charge in [0, 0.05) is 23.5 Å². The fourth-order valence-corrected chi connectivity index (χ4v) is 3.11. The van der Waals surface area contributed by atoms with Crippen molar-refractivity contribution in [3.05, 3.63) is 71.8 Å². The lowest BCUT2D eigenvalue weighted by atomic mass is 9.97. The summed E-state index contributed by atoms with van der Waals surface area (Å²) in [4.78, 5) is 24.3. The molecule has 0 radical (unpaired) electrons. The third-order valence-electron chi connectivity index (χ3n) is 4.53. The van der Waals surface area contributed by atoms with Gasteiger partial charge in [0.25, 0.3) is 5.91 Å². The molecule has 5 nitrogen and oxygen atoms in total. The molecule has 0 unspecified atom stereocenters. The average molecular weight is 363 g/mol. The maximum Gasteiger partial charge on any atom is 0.319 e. The van der Waals surface area contributed by atoms with E-state index < -0.39 is 0 Å². The molecule has 0 bridgehead atoms. The van der Waals surface area contributed by atoms with Gasteiger partial charge in [-0.15, -0.1) is 0 Å². The molecule has 5 heteroatoms. The molecular formula is C22H25N3O2. The van der Waals surface area contributed by atoms with Crippen molar-refractivity contribution < 1.29 is 9.59 Å². The Hall–Kier alpha value is -3.08. The van der Waals surface area contributed by atoms with Crippen molar-refractivity contribution in [3.63, 3.8) is 0 Å². The van der Waals surface area contributed by atoms with Gasteiger partial charge in [-0.05, 0) is 62.4 Å². The summed E-state index contributed by atoms with van der Waals surface area (Å²) in [6.45, 7) is 0.627. The highest BCUT2D eigenvalue weighted by Gasteiger charge is 2.08. The highest BCUT2D eigenvalue weighted by molar-refractivity contribution is 6.04. The van der Waals surface area contributed by atoms with Crippen LogP contribution >= 0.6 is 0 Å². The largest absolute Gasteiger partial charge is 0.338 e. The van der Waals surface area contributed by atoms with Crippen LogP contribution < -0.4 is 16.0 Å². The number of hydrogen-bond acceptors (Lipinski definition) is 2. The average Bonchev–Trinajstić information content (AvgIpc) is 2.70. The highest BCUT2D eigenvalue weighted by atomic mass is 16.2. The summed E-state index contributed by atoms with van der Waals surface area (Å²) in [6.07, 6.45) is 8.02. The second kappa shape index (κ2) is 9.57. The van der Waals surface area contributed by atoms with Gasteiger partial charge in [0.1, 0.15) is 0 Å². The first-order valence-corrected chi connectivity index (χ1v) is 9.40. The molecule has 3 rings (SSSR count). The number of urea groups is 1. The van der Waals surface area contributed by atoms with E-state index in [-0.39, 0.29) is 11.9 Å². The number of hydrogen-bond donors (Lipinski definition) is 3. The number of carbonyl (C=O) groups is 2. The minimum absolute atomic E-state index is 0.182. The standard InChI is InChI=1S/C22H25N3O2/c26-21(18-10-5-2-6-11-18)24-19-12-7-13-20(16-19)25-22(27)23-15-14-17-8-3-1-4-9-17/h2,5-8,10-13,16H,1,3-4,9,14-15H2,(H,24,26)(H2,23,25,27). The lowest BCUT2D eigenvalue weighted by Gasteiger charge is -2.13. The van der Waals surface area contributed by atoms with Crippen LogP contribution in [0, 0.1) is 0 Å². The zero-order valence-electron chi connectivity index (χ0n) is 15.3. The third-order valence-corrected chi connectivity index (χ3v) is 4.53. The summed E-state index contributed by atoms with van der Waals surface area (Å²) in [5.74, 6) is -0.182. The van der Waals surface area contributed by atoms with Crippen LogP contribution in [-0.2, 0) is 0 Å². The Morgan fingerprint density at radius 2 is 1.67 bits per heavy atom. The number of anilines is 2. The van der Waals surface area contributed by atoms with Crippen molar-refractivity contribution in [1.29, 1.82) is 0 Å². The Bertz CT molecular complexity index is 815. The molecule has 3 N–H and O–H groups in total. The van der Waals surface area contributed by atoms with Gasteiger partial charge in [0.2, 0.25) is 0 Å². The predicted molar refractivity (Wildman–Crippen MR) is 109 cm³/mol. The normalized spacial score (nSPS) is 13.4. The van der Waals surface area contributed by atoms with Gasteiger partial charge in [-0.25, -0.2) is 4.79 Å². The van der Waals surface area contributed by atoms with E-state index in [1.165, 1.54) is 18.4 Å². The number of nitrogens with one attached hydrogen (secondary N) is 3. The topological polar surface area (TPSA) is 70.2 Å². The number of allylic oxidation sites excluding steroid dienone is 1. The quantitative estimate of drug-likeness (QED) is 0.636. The molecule has 1 aliphatic rings. The predicted octanol–water partition coefficient (Wildman–Crippen LogP) is 4.95. The second-order valence-corrected chi connectivity index (χ2v) is 6.64. The SMILES string of the molecule is O=C(NCCC1=CCCCC1)Nc1cccc(NC(=O)c2ccccc2)c1. The third kappa shape index (κ3) is 5.99. The molecule has 0 aromatic heterocycles. The van der Waals surface area contributed by atoms with E-state index in [2.05, 4.69) is 22.0 Å². The van der Waals surface area contributed by atoms with Crippen LogP contribution in [0.15, 0.2) is 66.2 Å². The molecule has 0 heterocycles. The first kappa shape index (κ1) is 18.7. The zero-order valence-corrected chi connectivity index (χ0v) is 15.3. The number of carbonyl (C=O) groups excluding carboxylic acids is 2. The minimum atomic E-state index is -0.238. The summed E-state index contributed by atoms with van der Waals surface area (Å²) in [5.41, 5.74) is 3.29. The van der Waals surface area contributed by atoms with Crippen molar-refractivity contribution >= 4 is 23.3 Å². The monoisotopic (exact) mass is 363 g/mol. The van der Waals surface area contributed by atoms with Crippen molar-refractivity contribution in [2.75, 3.05) is 17.2 Å². The zero-order chi connectivity index (χ0) is 18.9. The van der Waals surface area contributed by atoms with Gasteiger partial charge in [0.15, 0.2) is 0 Å². The van der Waals surface area contributed by atoms with Gasteiger partial charge in [-0.1, -0.05) is 35.9 Å². The van der Waals surface area contributed by atoms with Crippen molar-refractivity contribution in [3.8, 4) is 0 Å². The molecule has 0 aliphatic heterocycles. The van der Waals surface area contributed by atoms with Crippen LogP contribution in [0.5, 0.6) is 0 Å². The first-order valence-electron chi connectivity index (χ1n) is 9.40. The molecule has 0 saturated carbocycles. The molecule has 0 fully saturated rings. The van der Waals surface area contributed by atoms with E-state index >= 15 is 0 Å². The molecule has 2 aromatic carbocycles. The Morgan fingerprint density at radius 3 is 2.41 bits per heavy atom. The van der Waals surface area contributed by atoms with E-state index in [0.29, 0.717) is 23.5 Å². The van der Waals surface area contributed by atoms with Crippen LogP contribution in [0.3, 0.4) is 0 Å². The molecule has 3 amide bonds. The first-order chi connectivity index (χ1) is 13.2. The lowest BCUT2D eigenvalue weighted by molar-refractivity contribution is 0.102. The fourth-order valence-electron chi connectivity index (χ4n) is 3.11. The van der Waals surface area contributed by atoms with Gasteiger partial charge < -0.3 is 16.0 Å². The van der Waals surface area contributed by atoms with E-state index in [0.717, 1.165) is 19.3 Å². The Kier molecular flexibility index (Phi) is 6.63. The maximum atomic E-state index is 12.2. The Labute approximate surface area is 159 Å². The van der Waals surface area contributed by atoms with E-state index in [1.807, 2.05) is 18.2 Å². The van der Waals surface area contributed by atoms with Gasteiger partial charge in [-0.2, -0.15) is 0 Å². The molecule has 0 saturated heterocycles. The van der Waals surface area contributed by atoms with E-state index in [4.69, 9.17) is 0 Å². The van der Waals surface area contributed by atoms with Crippen molar-refractivity contribution in [2.45, 2.75) is 32.1 Å². The summed E-state index contributed by atoms with van der Waals surface area (Å²) >= 11 is 0. The van der Waals surface area contributed by atoms with Crippen LogP contribution in [0.2, 0.25) is 0 Å². The smallest absolute Gasteiger partial charge is 0.319 e. The molecule has 27 heavy (non-hydrogen) atoms.